The van der Waals surface area contributed by atoms with Gasteiger partial charge in [-0.1, -0.05) is 13.8 Å². The summed E-state index contributed by atoms with van der Waals surface area (Å²) in [5, 5.41) is 13.1. The minimum Gasteiger partial charge on any atom is -0.390 e. The molecule has 16 heavy (non-hydrogen) atoms. The van der Waals surface area contributed by atoms with Crippen LogP contribution >= 0.6 is 0 Å². The number of nitrogens with zero attached hydrogens (tertiary/aromatic N) is 1. The lowest BCUT2D eigenvalue weighted by Crippen LogP contribution is -2.51. The van der Waals surface area contributed by atoms with Gasteiger partial charge in [-0.2, -0.15) is 0 Å². The van der Waals surface area contributed by atoms with E-state index < -0.39 is 0 Å². The van der Waals surface area contributed by atoms with Gasteiger partial charge < -0.3 is 15.2 Å². The van der Waals surface area contributed by atoms with Crippen LogP contribution in [0, 0.1) is 0 Å². The first-order chi connectivity index (χ1) is 7.39. The van der Waals surface area contributed by atoms with Crippen molar-refractivity contribution >= 4 is 0 Å². The van der Waals surface area contributed by atoms with E-state index in [0.29, 0.717) is 12.6 Å². The van der Waals surface area contributed by atoms with Crippen LogP contribution in [0.15, 0.2) is 0 Å². The molecular formula is C12H26N2O2. The normalized spacial score (nSPS) is 23.6. The Hall–Kier alpha value is -0.160. The van der Waals surface area contributed by atoms with Crippen molar-refractivity contribution in [2.24, 2.45) is 0 Å². The SMILES string of the molecule is CC(C)NCC(O)CN1CCOC(C)(C)C1. The van der Waals surface area contributed by atoms with Gasteiger partial charge in [0.2, 0.25) is 0 Å². The summed E-state index contributed by atoms with van der Waals surface area (Å²) in [4.78, 5) is 2.27. The molecule has 1 atom stereocenters. The molecule has 2 N–H and O–H groups in total. The molecule has 0 amide bonds. The number of morpholine rings is 1. The van der Waals surface area contributed by atoms with E-state index in [9.17, 15) is 5.11 Å². The van der Waals surface area contributed by atoms with Gasteiger partial charge in [-0.25, -0.2) is 0 Å². The van der Waals surface area contributed by atoms with Crippen molar-refractivity contribution in [2.75, 3.05) is 32.8 Å². The molecule has 4 heteroatoms. The van der Waals surface area contributed by atoms with Crippen LogP contribution < -0.4 is 5.32 Å². The average molecular weight is 230 g/mol. The molecule has 1 heterocycles. The molecule has 1 unspecified atom stereocenters. The second-order valence-electron chi connectivity index (χ2n) is 5.56. The fraction of sp³-hybridized carbons (Fsp3) is 1.00. The number of aliphatic hydroxyl groups is 1. The first kappa shape index (κ1) is 13.9. The zero-order valence-electron chi connectivity index (χ0n) is 11.0. The largest absolute Gasteiger partial charge is 0.390 e. The molecule has 1 fully saturated rings. The molecule has 96 valence electrons. The molecule has 0 saturated carbocycles. The molecule has 1 rings (SSSR count). The van der Waals surface area contributed by atoms with Crippen molar-refractivity contribution in [3.63, 3.8) is 0 Å². The van der Waals surface area contributed by atoms with Gasteiger partial charge in [-0.05, 0) is 13.8 Å². The van der Waals surface area contributed by atoms with Gasteiger partial charge in [-0.15, -0.1) is 0 Å². The van der Waals surface area contributed by atoms with E-state index in [0.717, 1.165) is 26.2 Å². The Balaban J connectivity index is 2.25. The third kappa shape index (κ3) is 5.25. The molecule has 0 aromatic rings. The second-order valence-corrected chi connectivity index (χ2v) is 5.56. The topological polar surface area (TPSA) is 44.7 Å². The lowest BCUT2D eigenvalue weighted by atomic mass is 10.1. The molecule has 0 bridgehead atoms. The quantitative estimate of drug-likeness (QED) is 0.720. The van der Waals surface area contributed by atoms with E-state index in [1.165, 1.54) is 0 Å². The molecular weight excluding hydrogens is 204 g/mol. The van der Waals surface area contributed by atoms with E-state index in [4.69, 9.17) is 4.74 Å². The van der Waals surface area contributed by atoms with Crippen LogP contribution in [-0.2, 0) is 4.74 Å². The van der Waals surface area contributed by atoms with E-state index in [-0.39, 0.29) is 11.7 Å². The highest BCUT2D eigenvalue weighted by Crippen LogP contribution is 2.16. The number of aliphatic hydroxyl groups excluding tert-OH is 1. The van der Waals surface area contributed by atoms with Crippen LogP contribution in [0.25, 0.3) is 0 Å². The number of nitrogens with one attached hydrogen (secondary N) is 1. The van der Waals surface area contributed by atoms with Crippen molar-refractivity contribution in [2.45, 2.75) is 45.4 Å². The Labute approximate surface area is 99.0 Å². The third-order valence-electron chi connectivity index (χ3n) is 2.74. The number of β-amino-alcohol motifs (C(OH)–C–C–N with tert-alkyl or cyclic N) is 1. The number of ether oxygens (including phenoxy) is 1. The maximum Gasteiger partial charge on any atom is 0.0791 e. The van der Waals surface area contributed by atoms with Crippen LogP contribution in [0.1, 0.15) is 27.7 Å². The van der Waals surface area contributed by atoms with Gasteiger partial charge in [0.1, 0.15) is 0 Å². The van der Waals surface area contributed by atoms with Crippen LogP contribution in [-0.4, -0.2) is 60.5 Å². The van der Waals surface area contributed by atoms with Crippen molar-refractivity contribution < 1.29 is 9.84 Å². The summed E-state index contributed by atoms with van der Waals surface area (Å²) in [5.41, 5.74) is -0.0799. The minimum atomic E-state index is -0.295. The third-order valence-corrected chi connectivity index (χ3v) is 2.74. The standard InChI is InChI=1S/C12H26N2O2/c1-10(2)13-7-11(15)8-14-5-6-16-12(3,4)9-14/h10-11,13,15H,5-9H2,1-4H3. The average Bonchev–Trinajstić information content (AvgIpc) is 2.13. The second kappa shape index (κ2) is 5.96. The monoisotopic (exact) mass is 230 g/mol. The maximum atomic E-state index is 9.88. The molecule has 1 aliphatic rings. The summed E-state index contributed by atoms with van der Waals surface area (Å²) in [6.45, 7) is 12.3. The van der Waals surface area contributed by atoms with Gasteiger partial charge in [0.05, 0.1) is 18.3 Å². The molecule has 0 aliphatic carbocycles. The van der Waals surface area contributed by atoms with E-state index in [1.807, 2.05) is 0 Å². The summed E-state index contributed by atoms with van der Waals surface area (Å²) in [6.07, 6.45) is -0.295. The Morgan fingerprint density at radius 3 is 2.69 bits per heavy atom. The smallest absolute Gasteiger partial charge is 0.0791 e. The number of rotatable bonds is 5. The van der Waals surface area contributed by atoms with Crippen LogP contribution in [0.5, 0.6) is 0 Å². The highest BCUT2D eigenvalue weighted by atomic mass is 16.5. The Morgan fingerprint density at radius 2 is 2.12 bits per heavy atom. The predicted octanol–water partition coefficient (Wildman–Crippen LogP) is 0.456. The molecule has 4 nitrogen and oxygen atoms in total. The summed E-state index contributed by atoms with van der Waals surface area (Å²) < 4.78 is 5.64. The van der Waals surface area contributed by atoms with Gasteiger partial charge in [-0.3, -0.25) is 4.90 Å². The zero-order chi connectivity index (χ0) is 12.2. The maximum absolute atomic E-state index is 9.88. The number of hydrogen-bond donors (Lipinski definition) is 2. The summed E-state index contributed by atoms with van der Waals surface area (Å²) in [5.74, 6) is 0. The van der Waals surface area contributed by atoms with E-state index in [1.54, 1.807) is 0 Å². The fourth-order valence-corrected chi connectivity index (χ4v) is 2.00. The summed E-state index contributed by atoms with van der Waals surface area (Å²) in [6, 6.07) is 0.427. The Kier molecular flexibility index (Phi) is 5.18. The first-order valence-corrected chi connectivity index (χ1v) is 6.17. The van der Waals surface area contributed by atoms with Crippen molar-refractivity contribution in [3.05, 3.63) is 0 Å². The molecule has 1 aliphatic heterocycles. The molecule has 0 spiro atoms. The Morgan fingerprint density at radius 1 is 1.44 bits per heavy atom. The van der Waals surface area contributed by atoms with Crippen LogP contribution in [0.3, 0.4) is 0 Å². The van der Waals surface area contributed by atoms with Crippen molar-refractivity contribution in [3.8, 4) is 0 Å². The van der Waals surface area contributed by atoms with Gasteiger partial charge >= 0.3 is 0 Å². The zero-order valence-corrected chi connectivity index (χ0v) is 11.0. The highest BCUT2D eigenvalue weighted by Gasteiger charge is 2.27. The van der Waals surface area contributed by atoms with E-state index in [2.05, 4.69) is 37.9 Å². The first-order valence-electron chi connectivity index (χ1n) is 6.17. The molecule has 1 saturated heterocycles. The van der Waals surface area contributed by atoms with Gasteiger partial charge in [0.25, 0.3) is 0 Å². The van der Waals surface area contributed by atoms with Crippen molar-refractivity contribution in [1.29, 1.82) is 0 Å². The fourth-order valence-electron chi connectivity index (χ4n) is 2.00. The number of hydrogen-bond acceptors (Lipinski definition) is 4. The van der Waals surface area contributed by atoms with Crippen LogP contribution in [0.4, 0.5) is 0 Å². The minimum absolute atomic E-state index is 0.0799. The van der Waals surface area contributed by atoms with Crippen molar-refractivity contribution in [1.82, 2.24) is 10.2 Å². The molecule has 0 aromatic carbocycles. The van der Waals surface area contributed by atoms with E-state index >= 15 is 0 Å². The lowest BCUT2D eigenvalue weighted by Gasteiger charge is -2.39. The summed E-state index contributed by atoms with van der Waals surface area (Å²) in [7, 11) is 0. The molecule has 0 aromatic heterocycles. The Bertz CT molecular complexity index is 207. The highest BCUT2D eigenvalue weighted by molar-refractivity contribution is 4.80. The lowest BCUT2D eigenvalue weighted by molar-refractivity contribution is -0.0928. The summed E-state index contributed by atoms with van der Waals surface area (Å²) >= 11 is 0. The van der Waals surface area contributed by atoms with Gasteiger partial charge in [0, 0.05) is 32.2 Å². The van der Waals surface area contributed by atoms with Crippen LogP contribution in [0.2, 0.25) is 0 Å². The van der Waals surface area contributed by atoms with Gasteiger partial charge in [0.15, 0.2) is 0 Å². The molecule has 0 radical (unpaired) electrons. The predicted molar refractivity (Wildman–Crippen MR) is 65.6 cm³/mol.